The minimum absolute atomic E-state index is 0.0369. The summed E-state index contributed by atoms with van der Waals surface area (Å²) in [7, 11) is 1.64. The number of rotatable bonds is 4. The number of thiazole rings is 1. The summed E-state index contributed by atoms with van der Waals surface area (Å²) < 4.78 is 5.07. The monoisotopic (exact) mass is 269 g/mol. The molecule has 0 radical (unpaired) electrons. The van der Waals surface area contributed by atoms with Crippen LogP contribution in [0.4, 0.5) is 0 Å². The van der Waals surface area contributed by atoms with Crippen molar-refractivity contribution in [3.8, 4) is 0 Å². The molecular weight excluding hydrogens is 250 g/mol. The van der Waals surface area contributed by atoms with Crippen LogP contribution in [-0.2, 0) is 9.53 Å². The van der Waals surface area contributed by atoms with Crippen LogP contribution in [0.5, 0.6) is 0 Å². The van der Waals surface area contributed by atoms with Crippen molar-refractivity contribution in [2.24, 2.45) is 5.73 Å². The van der Waals surface area contributed by atoms with Crippen molar-refractivity contribution < 1.29 is 9.53 Å². The number of ether oxygens (including phenoxy) is 1. The van der Waals surface area contributed by atoms with Gasteiger partial charge in [0.1, 0.15) is 5.01 Å². The Bertz CT molecular complexity index is 421. The first-order valence-electron chi connectivity index (χ1n) is 6.09. The average Bonchev–Trinajstić information content (AvgIpc) is 2.76. The van der Waals surface area contributed by atoms with E-state index in [-0.39, 0.29) is 18.0 Å². The first kappa shape index (κ1) is 13.5. The molecule has 5 nitrogen and oxygen atoms in total. The Kier molecular flexibility index (Phi) is 4.31. The third-order valence-corrected chi connectivity index (χ3v) is 4.21. The zero-order valence-electron chi connectivity index (χ0n) is 10.8. The molecule has 2 atom stereocenters. The summed E-state index contributed by atoms with van der Waals surface area (Å²) in [4.78, 5) is 18.3. The highest BCUT2D eigenvalue weighted by molar-refractivity contribution is 7.09. The fraction of sp³-hybridized carbons (Fsp3) is 0.667. The Morgan fingerprint density at radius 2 is 2.44 bits per heavy atom. The highest BCUT2D eigenvalue weighted by Crippen LogP contribution is 2.32. The summed E-state index contributed by atoms with van der Waals surface area (Å²) in [5, 5.41) is 2.93. The van der Waals surface area contributed by atoms with E-state index in [2.05, 4.69) is 4.98 Å². The SMILES string of the molecule is COCCN1C(=O)CCC(N)C1c1nc(C)cs1. The number of aromatic nitrogens is 1. The molecule has 2 heterocycles. The predicted molar refractivity (Wildman–Crippen MR) is 70.4 cm³/mol. The van der Waals surface area contributed by atoms with Crippen LogP contribution in [0.2, 0.25) is 0 Å². The number of piperidine rings is 1. The van der Waals surface area contributed by atoms with Crippen LogP contribution >= 0.6 is 11.3 Å². The summed E-state index contributed by atoms with van der Waals surface area (Å²) >= 11 is 1.57. The van der Waals surface area contributed by atoms with Gasteiger partial charge in [0.05, 0.1) is 12.6 Å². The fourth-order valence-corrected chi connectivity index (χ4v) is 3.24. The smallest absolute Gasteiger partial charge is 0.223 e. The first-order valence-corrected chi connectivity index (χ1v) is 6.97. The van der Waals surface area contributed by atoms with E-state index in [1.165, 1.54) is 0 Å². The van der Waals surface area contributed by atoms with Crippen molar-refractivity contribution in [1.82, 2.24) is 9.88 Å². The summed E-state index contributed by atoms with van der Waals surface area (Å²) in [6.07, 6.45) is 1.25. The summed E-state index contributed by atoms with van der Waals surface area (Å²) in [5.41, 5.74) is 7.16. The van der Waals surface area contributed by atoms with Crippen molar-refractivity contribution in [3.63, 3.8) is 0 Å². The van der Waals surface area contributed by atoms with Gasteiger partial charge < -0.3 is 15.4 Å². The quantitative estimate of drug-likeness (QED) is 0.888. The molecule has 100 valence electrons. The van der Waals surface area contributed by atoms with Gasteiger partial charge in [-0.05, 0) is 13.3 Å². The van der Waals surface area contributed by atoms with Crippen molar-refractivity contribution in [2.45, 2.75) is 31.8 Å². The highest BCUT2D eigenvalue weighted by Gasteiger charge is 2.36. The number of likely N-dealkylation sites (tertiary alicyclic amines) is 1. The number of amides is 1. The molecule has 2 unspecified atom stereocenters. The average molecular weight is 269 g/mol. The highest BCUT2D eigenvalue weighted by atomic mass is 32.1. The molecular formula is C12H19N3O2S. The van der Waals surface area contributed by atoms with Crippen LogP contribution in [0.3, 0.4) is 0 Å². The number of methoxy groups -OCH3 is 1. The number of nitrogens with two attached hydrogens (primary N) is 1. The van der Waals surface area contributed by atoms with Crippen molar-refractivity contribution >= 4 is 17.2 Å². The number of aryl methyl sites for hydroxylation is 1. The van der Waals surface area contributed by atoms with Crippen LogP contribution in [0.1, 0.15) is 29.6 Å². The molecule has 1 amide bonds. The Balaban J connectivity index is 2.22. The lowest BCUT2D eigenvalue weighted by Crippen LogP contribution is -2.49. The van der Waals surface area contributed by atoms with E-state index >= 15 is 0 Å². The predicted octanol–water partition coefficient (Wildman–Crippen LogP) is 1.09. The number of carbonyl (C=O) groups excluding carboxylic acids is 1. The number of hydrogen-bond acceptors (Lipinski definition) is 5. The molecule has 1 aromatic heterocycles. The van der Waals surface area contributed by atoms with Crippen molar-refractivity contribution in [1.29, 1.82) is 0 Å². The van der Waals surface area contributed by atoms with Gasteiger partial charge in [-0.25, -0.2) is 4.98 Å². The van der Waals surface area contributed by atoms with Gasteiger partial charge in [-0.15, -0.1) is 11.3 Å². The second-order valence-electron chi connectivity index (χ2n) is 4.55. The van der Waals surface area contributed by atoms with E-state index in [9.17, 15) is 4.79 Å². The van der Waals surface area contributed by atoms with Crippen LogP contribution in [0, 0.1) is 6.92 Å². The zero-order chi connectivity index (χ0) is 13.1. The molecule has 0 saturated carbocycles. The lowest BCUT2D eigenvalue weighted by atomic mass is 9.97. The van der Waals surface area contributed by atoms with Gasteiger partial charge in [0.15, 0.2) is 0 Å². The standard InChI is InChI=1S/C12H19N3O2S/c1-8-7-18-12(14-8)11-9(13)3-4-10(16)15(11)5-6-17-2/h7,9,11H,3-6,13H2,1-2H3. The van der Waals surface area contributed by atoms with E-state index in [1.54, 1.807) is 18.4 Å². The van der Waals surface area contributed by atoms with Gasteiger partial charge in [0.2, 0.25) is 5.91 Å². The molecule has 2 N–H and O–H groups in total. The minimum Gasteiger partial charge on any atom is -0.383 e. The second-order valence-corrected chi connectivity index (χ2v) is 5.44. The van der Waals surface area contributed by atoms with Gasteiger partial charge in [-0.2, -0.15) is 0 Å². The zero-order valence-corrected chi connectivity index (χ0v) is 11.6. The molecule has 0 spiro atoms. The normalized spacial score (nSPS) is 24.6. The lowest BCUT2D eigenvalue weighted by molar-refractivity contribution is -0.138. The summed E-state index contributed by atoms with van der Waals surface area (Å²) in [6, 6.07) is -0.134. The fourth-order valence-electron chi connectivity index (χ4n) is 2.26. The minimum atomic E-state index is -0.0971. The Hall–Kier alpha value is -0.980. The van der Waals surface area contributed by atoms with Gasteiger partial charge in [0.25, 0.3) is 0 Å². The Labute approximate surface area is 111 Å². The van der Waals surface area contributed by atoms with Crippen molar-refractivity contribution in [3.05, 3.63) is 16.1 Å². The molecule has 1 aliphatic heterocycles. The first-order chi connectivity index (χ1) is 8.63. The van der Waals surface area contributed by atoms with Crippen LogP contribution in [0.25, 0.3) is 0 Å². The van der Waals surface area contributed by atoms with E-state index < -0.39 is 0 Å². The third-order valence-electron chi connectivity index (χ3n) is 3.18. The third kappa shape index (κ3) is 2.71. The van der Waals surface area contributed by atoms with E-state index in [0.717, 1.165) is 17.1 Å². The molecule has 1 aliphatic rings. The maximum Gasteiger partial charge on any atom is 0.223 e. The number of carbonyl (C=O) groups is 1. The Morgan fingerprint density at radius 1 is 1.67 bits per heavy atom. The van der Waals surface area contributed by atoms with Gasteiger partial charge in [0, 0.05) is 37.2 Å². The van der Waals surface area contributed by atoms with Crippen LogP contribution < -0.4 is 5.73 Å². The van der Waals surface area contributed by atoms with Gasteiger partial charge >= 0.3 is 0 Å². The molecule has 0 aliphatic carbocycles. The summed E-state index contributed by atoms with van der Waals surface area (Å²) in [5.74, 6) is 0.145. The van der Waals surface area contributed by atoms with E-state index in [4.69, 9.17) is 10.5 Å². The van der Waals surface area contributed by atoms with Crippen LogP contribution in [0.15, 0.2) is 5.38 Å². The van der Waals surface area contributed by atoms with E-state index in [1.807, 2.05) is 17.2 Å². The van der Waals surface area contributed by atoms with Crippen LogP contribution in [-0.4, -0.2) is 42.1 Å². The largest absolute Gasteiger partial charge is 0.383 e. The van der Waals surface area contributed by atoms with Gasteiger partial charge in [-0.1, -0.05) is 0 Å². The van der Waals surface area contributed by atoms with Crippen molar-refractivity contribution in [2.75, 3.05) is 20.3 Å². The summed E-state index contributed by atoms with van der Waals surface area (Å²) in [6.45, 7) is 3.06. The molecule has 18 heavy (non-hydrogen) atoms. The molecule has 6 heteroatoms. The van der Waals surface area contributed by atoms with Gasteiger partial charge in [-0.3, -0.25) is 4.79 Å². The molecule has 2 rings (SSSR count). The molecule has 0 aromatic carbocycles. The number of nitrogens with zero attached hydrogens (tertiary/aromatic N) is 2. The topological polar surface area (TPSA) is 68.5 Å². The second kappa shape index (κ2) is 5.77. The maximum absolute atomic E-state index is 12.0. The molecule has 1 aromatic rings. The van der Waals surface area contributed by atoms with E-state index in [0.29, 0.717) is 19.6 Å². The Morgan fingerprint density at radius 3 is 3.06 bits per heavy atom. The lowest BCUT2D eigenvalue weighted by Gasteiger charge is -2.38. The molecule has 1 fully saturated rings. The molecule has 1 saturated heterocycles. The maximum atomic E-state index is 12.0. The molecule has 0 bridgehead atoms. The number of hydrogen-bond donors (Lipinski definition) is 1.